The van der Waals surface area contributed by atoms with Crippen molar-refractivity contribution < 1.29 is 9.59 Å². The lowest BCUT2D eigenvalue weighted by Gasteiger charge is -2.29. The molecule has 1 saturated carbocycles. The van der Waals surface area contributed by atoms with Gasteiger partial charge in [0, 0.05) is 11.7 Å². The third-order valence-electron chi connectivity index (χ3n) is 5.40. The van der Waals surface area contributed by atoms with E-state index in [0.717, 1.165) is 35.7 Å². The smallest absolute Gasteiger partial charge is 0.321 e. The number of thiophene rings is 1. The molecule has 3 amide bonds. The Labute approximate surface area is 189 Å². The maximum absolute atomic E-state index is 12.4. The maximum atomic E-state index is 12.4. The molecule has 2 N–H and O–H groups in total. The number of carbonyl (C=O) groups is 2. The van der Waals surface area contributed by atoms with Gasteiger partial charge >= 0.3 is 6.03 Å². The number of aromatic nitrogens is 3. The summed E-state index contributed by atoms with van der Waals surface area (Å²) in [5.74, 6) is 0.881. The Kier molecular flexibility index (Phi) is 7.03. The first-order valence-corrected chi connectivity index (χ1v) is 12.3. The molecular weight excluding hydrogens is 430 g/mol. The highest BCUT2D eigenvalue weighted by Crippen LogP contribution is 2.30. The minimum atomic E-state index is -0.423. The van der Waals surface area contributed by atoms with Crippen molar-refractivity contribution in [2.24, 2.45) is 5.92 Å². The highest BCUT2D eigenvalue weighted by atomic mass is 32.2. The van der Waals surface area contributed by atoms with Gasteiger partial charge in [-0.3, -0.25) is 14.7 Å². The van der Waals surface area contributed by atoms with Crippen LogP contribution in [-0.4, -0.2) is 38.5 Å². The van der Waals surface area contributed by atoms with Gasteiger partial charge in [0.2, 0.25) is 5.91 Å². The van der Waals surface area contributed by atoms with Gasteiger partial charge in [0.15, 0.2) is 11.0 Å². The molecule has 1 fully saturated rings. The fraction of sp³-hybridized carbons (Fsp3) is 0.364. The molecular formula is C22H25N5O2S2. The Bertz CT molecular complexity index is 1020. The number of nitrogens with one attached hydrogen (secondary N) is 2. The number of para-hydroxylation sites is 1. The Morgan fingerprint density at radius 3 is 2.68 bits per heavy atom. The molecule has 1 aliphatic carbocycles. The maximum Gasteiger partial charge on any atom is 0.321 e. The van der Waals surface area contributed by atoms with Crippen LogP contribution in [0, 0.1) is 5.92 Å². The van der Waals surface area contributed by atoms with Crippen LogP contribution in [0.5, 0.6) is 0 Å². The third-order valence-corrected chi connectivity index (χ3v) is 7.20. The Hall–Kier alpha value is -2.65. The van der Waals surface area contributed by atoms with Crippen molar-refractivity contribution in [2.45, 2.75) is 43.8 Å². The molecule has 3 aromatic rings. The van der Waals surface area contributed by atoms with Gasteiger partial charge < -0.3 is 5.32 Å². The van der Waals surface area contributed by atoms with Gasteiger partial charge in [-0.1, -0.05) is 55.8 Å². The number of rotatable bonds is 6. The Balaban J connectivity index is 1.41. The van der Waals surface area contributed by atoms with Crippen molar-refractivity contribution in [2.75, 3.05) is 5.75 Å². The summed E-state index contributed by atoms with van der Waals surface area (Å²) in [4.78, 5) is 25.6. The summed E-state index contributed by atoms with van der Waals surface area (Å²) in [6.07, 6.45) is 4.38. The van der Waals surface area contributed by atoms with Crippen LogP contribution in [0.1, 0.15) is 32.6 Å². The summed E-state index contributed by atoms with van der Waals surface area (Å²) in [5.41, 5.74) is 0.919. The number of urea groups is 1. The van der Waals surface area contributed by atoms with Gasteiger partial charge in [-0.25, -0.2) is 4.79 Å². The minimum Gasteiger partial charge on any atom is -0.335 e. The predicted octanol–water partition coefficient (Wildman–Crippen LogP) is 4.49. The number of amides is 3. The highest BCUT2D eigenvalue weighted by Gasteiger charge is 2.24. The van der Waals surface area contributed by atoms with Gasteiger partial charge in [0.25, 0.3) is 0 Å². The molecule has 0 saturated heterocycles. The summed E-state index contributed by atoms with van der Waals surface area (Å²) >= 11 is 2.84. The molecule has 9 heteroatoms. The van der Waals surface area contributed by atoms with E-state index in [9.17, 15) is 9.59 Å². The van der Waals surface area contributed by atoms with E-state index in [2.05, 4.69) is 27.8 Å². The van der Waals surface area contributed by atoms with Crippen LogP contribution in [0.2, 0.25) is 0 Å². The number of imide groups is 1. The van der Waals surface area contributed by atoms with Crippen LogP contribution in [0.15, 0.2) is 53.0 Å². The molecule has 162 valence electrons. The van der Waals surface area contributed by atoms with E-state index in [-0.39, 0.29) is 17.7 Å². The molecule has 0 radical (unpaired) electrons. The third kappa shape index (κ3) is 5.34. The first-order valence-electron chi connectivity index (χ1n) is 10.4. The zero-order valence-electron chi connectivity index (χ0n) is 17.3. The number of hydrogen-bond donors (Lipinski definition) is 2. The molecule has 31 heavy (non-hydrogen) atoms. The average molecular weight is 456 g/mol. The van der Waals surface area contributed by atoms with Crippen molar-refractivity contribution in [3.05, 3.63) is 47.8 Å². The molecule has 2 unspecified atom stereocenters. The molecule has 0 spiro atoms. The van der Waals surface area contributed by atoms with Crippen molar-refractivity contribution in [3.63, 3.8) is 0 Å². The van der Waals surface area contributed by atoms with Gasteiger partial charge in [-0.05, 0) is 42.3 Å². The monoisotopic (exact) mass is 455 g/mol. The summed E-state index contributed by atoms with van der Waals surface area (Å²) in [6.45, 7) is 2.14. The van der Waals surface area contributed by atoms with E-state index in [1.165, 1.54) is 18.2 Å². The van der Waals surface area contributed by atoms with E-state index in [0.29, 0.717) is 11.1 Å². The van der Waals surface area contributed by atoms with E-state index in [4.69, 9.17) is 0 Å². The number of thioether (sulfide) groups is 1. The standard InChI is InChI=1S/C22H25N5O2S2/c1-15-8-5-6-11-17(15)23-21(29)24-19(28)14-31-22-26-25-20(18-12-7-13-30-18)27(22)16-9-3-2-4-10-16/h2-4,7,9-10,12-13,15,17H,5-6,8,11,14H2,1H3,(H2,23,24,28,29). The molecule has 4 rings (SSSR count). The summed E-state index contributed by atoms with van der Waals surface area (Å²) < 4.78 is 1.94. The highest BCUT2D eigenvalue weighted by molar-refractivity contribution is 7.99. The van der Waals surface area contributed by atoms with Gasteiger partial charge in [-0.2, -0.15) is 0 Å². The quantitative estimate of drug-likeness (QED) is 0.535. The first kappa shape index (κ1) is 21.6. The van der Waals surface area contributed by atoms with Crippen LogP contribution in [0.25, 0.3) is 16.4 Å². The van der Waals surface area contributed by atoms with E-state index < -0.39 is 6.03 Å². The Morgan fingerprint density at radius 2 is 1.94 bits per heavy atom. The summed E-state index contributed by atoms with van der Waals surface area (Å²) in [7, 11) is 0. The SMILES string of the molecule is CC1CCCCC1NC(=O)NC(=O)CSc1nnc(-c2cccs2)n1-c1ccccc1. The first-order chi connectivity index (χ1) is 15.1. The molecule has 2 atom stereocenters. The molecule has 2 aromatic heterocycles. The zero-order chi connectivity index (χ0) is 21.6. The van der Waals surface area contributed by atoms with Crippen molar-refractivity contribution in [3.8, 4) is 16.4 Å². The van der Waals surface area contributed by atoms with Crippen LogP contribution >= 0.6 is 23.1 Å². The van der Waals surface area contributed by atoms with Gasteiger partial charge in [0.1, 0.15) is 0 Å². The molecule has 1 aromatic carbocycles. The number of hydrogen-bond acceptors (Lipinski definition) is 6. The van der Waals surface area contributed by atoms with E-state index in [1.54, 1.807) is 11.3 Å². The molecule has 0 bridgehead atoms. The lowest BCUT2D eigenvalue weighted by atomic mass is 9.86. The van der Waals surface area contributed by atoms with Gasteiger partial charge in [0.05, 0.1) is 10.6 Å². The summed E-state index contributed by atoms with van der Waals surface area (Å²) in [6, 6.07) is 13.5. The molecule has 1 aliphatic rings. The van der Waals surface area contributed by atoms with Crippen LogP contribution < -0.4 is 10.6 Å². The van der Waals surface area contributed by atoms with Crippen LogP contribution in [-0.2, 0) is 4.79 Å². The number of nitrogens with zero attached hydrogens (tertiary/aromatic N) is 3. The van der Waals surface area contributed by atoms with Crippen LogP contribution in [0.4, 0.5) is 4.79 Å². The molecule has 7 nitrogen and oxygen atoms in total. The predicted molar refractivity (Wildman–Crippen MR) is 123 cm³/mol. The zero-order valence-corrected chi connectivity index (χ0v) is 18.9. The second kappa shape index (κ2) is 10.1. The van der Waals surface area contributed by atoms with Crippen molar-refractivity contribution >= 4 is 35.0 Å². The number of carbonyl (C=O) groups excluding carboxylic acids is 2. The topological polar surface area (TPSA) is 88.9 Å². The van der Waals surface area contributed by atoms with E-state index in [1.807, 2.05) is 52.4 Å². The lowest BCUT2D eigenvalue weighted by molar-refractivity contribution is -0.117. The largest absolute Gasteiger partial charge is 0.335 e. The lowest BCUT2D eigenvalue weighted by Crippen LogP contribution is -2.48. The van der Waals surface area contributed by atoms with Crippen molar-refractivity contribution in [1.82, 2.24) is 25.4 Å². The fourth-order valence-corrected chi connectivity index (χ4v) is 5.22. The fourth-order valence-electron chi connectivity index (χ4n) is 3.77. The van der Waals surface area contributed by atoms with E-state index >= 15 is 0 Å². The number of benzene rings is 1. The molecule has 2 heterocycles. The second-order valence-electron chi connectivity index (χ2n) is 7.63. The second-order valence-corrected chi connectivity index (χ2v) is 9.52. The Morgan fingerprint density at radius 1 is 1.13 bits per heavy atom. The van der Waals surface area contributed by atoms with Gasteiger partial charge in [-0.15, -0.1) is 21.5 Å². The summed E-state index contributed by atoms with van der Waals surface area (Å²) in [5, 5.41) is 16.6. The molecule has 0 aliphatic heterocycles. The minimum absolute atomic E-state index is 0.0725. The van der Waals surface area contributed by atoms with Crippen molar-refractivity contribution in [1.29, 1.82) is 0 Å². The normalized spacial score (nSPS) is 18.5. The average Bonchev–Trinajstić information content (AvgIpc) is 3.44. The van der Waals surface area contributed by atoms with Crippen LogP contribution in [0.3, 0.4) is 0 Å².